The summed E-state index contributed by atoms with van der Waals surface area (Å²) in [5.41, 5.74) is 1.30. The second-order valence-corrected chi connectivity index (χ2v) is 6.23. The van der Waals surface area contributed by atoms with Crippen LogP contribution in [-0.2, 0) is 6.54 Å². The van der Waals surface area contributed by atoms with Gasteiger partial charge in [-0.25, -0.2) is 4.98 Å². The molecule has 1 N–H and O–H groups in total. The highest BCUT2D eigenvalue weighted by molar-refractivity contribution is 9.10. The molecule has 1 aromatic heterocycles. The summed E-state index contributed by atoms with van der Waals surface area (Å²) in [5, 5.41) is 4.63. The summed E-state index contributed by atoms with van der Waals surface area (Å²) in [6.45, 7) is 5.09. The van der Waals surface area contributed by atoms with E-state index in [2.05, 4.69) is 57.4 Å². The summed E-state index contributed by atoms with van der Waals surface area (Å²) in [6.07, 6.45) is 1.95. The molecule has 0 aliphatic carbocycles. The van der Waals surface area contributed by atoms with Crippen LogP contribution >= 0.6 is 27.3 Å². The van der Waals surface area contributed by atoms with Crippen LogP contribution in [0.5, 0.6) is 0 Å². The van der Waals surface area contributed by atoms with Crippen molar-refractivity contribution in [3.8, 4) is 0 Å². The van der Waals surface area contributed by atoms with Crippen LogP contribution in [0.4, 0.5) is 0 Å². The fourth-order valence-corrected chi connectivity index (χ4v) is 2.62. The zero-order valence-corrected chi connectivity index (χ0v) is 12.3. The summed E-state index contributed by atoms with van der Waals surface area (Å²) in [6, 6.07) is 8.78. The molecule has 1 heterocycles. The van der Waals surface area contributed by atoms with Gasteiger partial charge in [-0.2, -0.15) is 0 Å². The number of aryl methyl sites for hydroxylation is 1. The number of hydrogen-bond acceptors (Lipinski definition) is 3. The predicted molar refractivity (Wildman–Crippen MR) is 76.2 cm³/mol. The van der Waals surface area contributed by atoms with Gasteiger partial charge in [-0.1, -0.05) is 28.1 Å². The fourth-order valence-electron chi connectivity index (χ4n) is 1.61. The first-order valence-corrected chi connectivity index (χ1v) is 7.16. The first-order valence-electron chi connectivity index (χ1n) is 5.55. The zero-order chi connectivity index (χ0) is 12.3. The maximum absolute atomic E-state index is 4.25. The SMILES string of the molecule is Cc1ncc(CNC(C)c2ccc(Br)cc2)s1. The van der Waals surface area contributed by atoms with E-state index < -0.39 is 0 Å². The van der Waals surface area contributed by atoms with Gasteiger partial charge in [-0.15, -0.1) is 11.3 Å². The molecule has 1 aromatic carbocycles. The standard InChI is InChI=1S/C13H15BrN2S/c1-9(11-3-5-12(14)6-4-11)15-7-13-8-16-10(2)17-13/h3-6,8-9,15H,7H2,1-2H3. The average molecular weight is 311 g/mol. The molecule has 2 aromatic rings. The van der Waals surface area contributed by atoms with E-state index in [0.717, 1.165) is 16.0 Å². The first-order chi connectivity index (χ1) is 8.15. The largest absolute Gasteiger partial charge is 0.305 e. The number of hydrogen-bond donors (Lipinski definition) is 1. The minimum absolute atomic E-state index is 0.352. The third-order valence-corrected chi connectivity index (χ3v) is 4.06. The number of halogens is 1. The molecule has 17 heavy (non-hydrogen) atoms. The Morgan fingerprint density at radius 3 is 2.65 bits per heavy atom. The number of rotatable bonds is 4. The van der Waals surface area contributed by atoms with Gasteiger partial charge in [0.05, 0.1) is 5.01 Å². The Labute approximate surface area is 114 Å². The molecule has 0 fully saturated rings. The monoisotopic (exact) mass is 310 g/mol. The van der Waals surface area contributed by atoms with Crippen molar-refractivity contribution in [3.63, 3.8) is 0 Å². The fraction of sp³-hybridized carbons (Fsp3) is 0.308. The second kappa shape index (κ2) is 5.76. The van der Waals surface area contributed by atoms with Gasteiger partial charge in [0.1, 0.15) is 0 Å². The van der Waals surface area contributed by atoms with E-state index in [0.29, 0.717) is 6.04 Å². The van der Waals surface area contributed by atoms with E-state index in [4.69, 9.17) is 0 Å². The van der Waals surface area contributed by atoms with Crippen molar-refractivity contribution in [3.05, 3.63) is 50.4 Å². The van der Waals surface area contributed by atoms with Crippen LogP contribution in [0.2, 0.25) is 0 Å². The molecule has 0 aliphatic rings. The molecule has 4 heteroatoms. The van der Waals surface area contributed by atoms with Crippen LogP contribution in [-0.4, -0.2) is 4.98 Å². The number of aromatic nitrogens is 1. The van der Waals surface area contributed by atoms with Crippen molar-refractivity contribution in [2.75, 3.05) is 0 Å². The number of nitrogens with zero attached hydrogens (tertiary/aromatic N) is 1. The third kappa shape index (κ3) is 3.63. The summed E-state index contributed by atoms with van der Waals surface area (Å²) in [7, 11) is 0. The van der Waals surface area contributed by atoms with Gasteiger partial charge < -0.3 is 5.32 Å². The van der Waals surface area contributed by atoms with Gasteiger partial charge in [0, 0.05) is 28.1 Å². The van der Waals surface area contributed by atoms with E-state index in [-0.39, 0.29) is 0 Å². The Balaban J connectivity index is 1.93. The first kappa shape index (κ1) is 12.7. The molecule has 0 saturated heterocycles. The number of benzene rings is 1. The van der Waals surface area contributed by atoms with Gasteiger partial charge in [0.15, 0.2) is 0 Å². The minimum Gasteiger partial charge on any atom is -0.305 e. The molecule has 0 radical (unpaired) electrons. The lowest BCUT2D eigenvalue weighted by Crippen LogP contribution is -2.17. The third-order valence-electron chi connectivity index (χ3n) is 2.62. The van der Waals surface area contributed by atoms with E-state index in [1.54, 1.807) is 11.3 Å². The van der Waals surface area contributed by atoms with Crippen molar-refractivity contribution in [1.82, 2.24) is 10.3 Å². The molecule has 0 bridgehead atoms. The Hall–Kier alpha value is -0.710. The number of thiazole rings is 1. The lowest BCUT2D eigenvalue weighted by molar-refractivity contribution is 0.578. The quantitative estimate of drug-likeness (QED) is 0.921. The van der Waals surface area contributed by atoms with Crippen LogP contribution in [0.3, 0.4) is 0 Å². The van der Waals surface area contributed by atoms with E-state index in [9.17, 15) is 0 Å². The topological polar surface area (TPSA) is 24.9 Å². The van der Waals surface area contributed by atoms with Gasteiger partial charge in [0.25, 0.3) is 0 Å². The van der Waals surface area contributed by atoms with Crippen molar-refractivity contribution in [2.24, 2.45) is 0 Å². The van der Waals surface area contributed by atoms with E-state index in [1.807, 2.05) is 13.1 Å². The Bertz CT molecular complexity index is 478. The highest BCUT2D eigenvalue weighted by Gasteiger charge is 2.05. The Kier molecular flexibility index (Phi) is 4.31. The zero-order valence-electron chi connectivity index (χ0n) is 9.90. The van der Waals surface area contributed by atoms with Gasteiger partial charge >= 0.3 is 0 Å². The molecular formula is C13H15BrN2S. The smallest absolute Gasteiger partial charge is 0.0897 e. The predicted octanol–water partition coefficient (Wildman–Crippen LogP) is 4.06. The Morgan fingerprint density at radius 2 is 2.06 bits per heavy atom. The lowest BCUT2D eigenvalue weighted by atomic mass is 10.1. The maximum atomic E-state index is 4.25. The molecule has 0 saturated carbocycles. The molecule has 0 amide bonds. The van der Waals surface area contributed by atoms with Gasteiger partial charge in [-0.05, 0) is 31.5 Å². The second-order valence-electron chi connectivity index (χ2n) is 4.00. The lowest BCUT2D eigenvalue weighted by Gasteiger charge is -2.13. The minimum atomic E-state index is 0.352. The molecule has 2 nitrogen and oxygen atoms in total. The molecule has 90 valence electrons. The average Bonchev–Trinajstić information content (AvgIpc) is 2.73. The van der Waals surface area contributed by atoms with Gasteiger partial charge in [-0.3, -0.25) is 0 Å². The van der Waals surface area contributed by atoms with E-state index in [1.165, 1.54) is 10.4 Å². The molecular weight excluding hydrogens is 296 g/mol. The highest BCUT2D eigenvalue weighted by Crippen LogP contribution is 2.18. The van der Waals surface area contributed by atoms with Crippen molar-refractivity contribution < 1.29 is 0 Å². The van der Waals surface area contributed by atoms with Crippen molar-refractivity contribution in [1.29, 1.82) is 0 Å². The summed E-state index contributed by atoms with van der Waals surface area (Å²) >= 11 is 5.19. The van der Waals surface area contributed by atoms with Crippen LogP contribution in [0.1, 0.15) is 28.4 Å². The van der Waals surface area contributed by atoms with Crippen molar-refractivity contribution in [2.45, 2.75) is 26.4 Å². The summed E-state index contributed by atoms with van der Waals surface area (Å²) < 4.78 is 1.12. The molecule has 0 spiro atoms. The normalized spacial score (nSPS) is 12.6. The van der Waals surface area contributed by atoms with Crippen LogP contribution in [0.25, 0.3) is 0 Å². The van der Waals surface area contributed by atoms with E-state index >= 15 is 0 Å². The van der Waals surface area contributed by atoms with Crippen LogP contribution < -0.4 is 5.32 Å². The Morgan fingerprint density at radius 1 is 1.35 bits per heavy atom. The highest BCUT2D eigenvalue weighted by atomic mass is 79.9. The summed E-state index contributed by atoms with van der Waals surface area (Å²) in [4.78, 5) is 5.53. The van der Waals surface area contributed by atoms with Crippen LogP contribution in [0.15, 0.2) is 34.9 Å². The molecule has 1 atom stereocenters. The number of nitrogens with one attached hydrogen (secondary N) is 1. The van der Waals surface area contributed by atoms with Crippen molar-refractivity contribution >= 4 is 27.3 Å². The summed E-state index contributed by atoms with van der Waals surface area (Å²) in [5.74, 6) is 0. The molecule has 0 aliphatic heterocycles. The molecule has 1 unspecified atom stereocenters. The molecule has 2 rings (SSSR count). The maximum Gasteiger partial charge on any atom is 0.0897 e. The van der Waals surface area contributed by atoms with Gasteiger partial charge in [0.2, 0.25) is 0 Å². The van der Waals surface area contributed by atoms with Crippen LogP contribution in [0, 0.1) is 6.92 Å².